The largest absolute Gasteiger partial charge is 0.494 e. The number of carbonyl (C=O) groups excluding carboxylic acids is 1. The Hall–Kier alpha value is -3.01. The van der Waals surface area contributed by atoms with Crippen LogP contribution < -0.4 is 25.6 Å². The van der Waals surface area contributed by atoms with Crippen molar-refractivity contribution < 1.29 is 18.3 Å². The fourth-order valence-corrected chi connectivity index (χ4v) is 4.46. The van der Waals surface area contributed by atoms with Crippen LogP contribution in [0.5, 0.6) is 5.75 Å². The lowest BCUT2D eigenvalue weighted by Crippen LogP contribution is -2.49. The second kappa shape index (κ2) is 8.16. The van der Waals surface area contributed by atoms with Crippen LogP contribution in [-0.2, 0) is 6.54 Å². The number of nitrogens with one attached hydrogen (secondary N) is 1. The molecule has 1 aromatic carbocycles. The van der Waals surface area contributed by atoms with E-state index >= 15 is 0 Å². The molecule has 170 valence electrons. The molecule has 2 fully saturated rings. The first-order chi connectivity index (χ1) is 15.5. The molecule has 3 N–H and O–H groups in total. The molecule has 1 aromatic heterocycles. The third-order valence-electron chi connectivity index (χ3n) is 6.37. The van der Waals surface area contributed by atoms with Crippen molar-refractivity contribution in [3.63, 3.8) is 0 Å². The Morgan fingerprint density at radius 1 is 1.16 bits per heavy atom. The number of benzene rings is 1. The van der Waals surface area contributed by atoms with Gasteiger partial charge in [0.1, 0.15) is 17.3 Å². The number of nitrogens with two attached hydrogens (primary N) is 1. The van der Waals surface area contributed by atoms with Crippen LogP contribution >= 0.6 is 0 Å². The molecule has 0 unspecified atom stereocenters. The molecule has 0 radical (unpaired) electrons. The number of amides is 2. The number of nitrogens with zero attached hydrogens (tertiary/aromatic N) is 4. The van der Waals surface area contributed by atoms with E-state index in [0.29, 0.717) is 17.3 Å². The van der Waals surface area contributed by atoms with Crippen molar-refractivity contribution in [2.24, 2.45) is 5.73 Å². The molecule has 2 aliphatic carbocycles. The first-order valence-corrected chi connectivity index (χ1v) is 11.0. The summed E-state index contributed by atoms with van der Waals surface area (Å²) in [4.78, 5) is 25.1. The highest BCUT2D eigenvalue weighted by Gasteiger charge is 2.43. The van der Waals surface area contributed by atoms with E-state index in [2.05, 4.69) is 15.3 Å². The zero-order chi connectivity index (χ0) is 22.4. The van der Waals surface area contributed by atoms with Gasteiger partial charge >= 0.3 is 6.03 Å². The van der Waals surface area contributed by atoms with Gasteiger partial charge in [0.15, 0.2) is 11.6 Å². The Balaban J connectivity index is 1.47. The van der Waals surface area contributed by atoms with E-state index in [-0.39, 0.29) is 30.4 Å². The van der Waals surface area contributed by atoms with Crippen molar-refractivity contribution in [1.29, 1.82) is 0 Å². The van der Waals surface area contributed by atoms with Gasteiger partial charge in [-0.3, -0.25) is 9.80 Å². The standard InChI is InChI=1S/C22H26F2N6O2/c1-32-17-9-8-16(23)19(18(17)24)29-11-12-10-26-21(27-14-4-2-13(25)3-5-14)28-20(12)30(22(29)31)15-6-7-15/h8-10,13-15H,2-7,11,25H2,1H3,(H,26,27,28). The van der Waals surface area contributed by atoms with E-state index in [1.165, 1.54) is 13.2 Å². The first-order valence-electron chi connectivity index (χ1n) is 11.0. The van der Waals surface area contributed by atoms with E-state index in [1.807, 2.05) is 0 Å². The monoisotopic (exact) mass is 444 g/mol. The van der Waals surface area contributed by atoms with Gasteiger partial charge in [-0.1, -0.05) is 0 Å². The summed E-state index contributed by atoms with van der Waals surface area (Å²) >= 11 is 0. The lowest BCUT2D eigenvalue weighted by Gasteiger charge is -2.36. The maximum absolute atomic E-state index is 14.9. The van der Waals surface area contributed by atoms with Gasteiger partial charge < -0.3 is 15.8 Å². The van der Waals surface area contributed by atoms with Crippen LogP contribution in [0, 0.1) is 11.6 Å². The predicted octanol–water partition coefficient (Wildman–Crippen LogP) is 3.55. The number of rotatable bonds is 5. The maximum atomic E-state index is 14.9. The number of urea groups is 1. The van der Waals surface area contributed by atoms with Crippen LogP contribution in [0.2, 0.25) is 0 Å². The molecule has 2 aromatic rings. The molecular formula is C22H26F2N6O2. The summed E-state index contributed by atoms with van der Waals surface area (Å²) in [5, 5.41) is 3.36. The molecule has 0 bridgehead atoms. The van der Waals surface area contributed by atoms with Crippen molar-refractivity contribution in [1.82, 2.24) is 9.97 Å². The Kier molecular flexibility index (Phi) is 5.32. The maximum Gasteiger partial charge on any atom is 0.330 e. The minimum absolute atomic E-state index is 0.0308. The van der Waals surface area contributed by atoms with E-state index in [1.54, 1.807) is 11.1 Å². The minimum atomic E-state index is -0.908. The molecular weight excluding hydrogens is 418 g/mol. The molecule has 0 spiro atoms. The average Bonchev–Trinajstić information content (AvgIpc) is 3.61. The number of halogens is 2. The zero-order valence-electron chi connectivity index (χ0n) is 17.9. The Morgan fingerprint density at radius 2 is 1.91 bits per heavy atom. The van der Waals surface area contributed by atoms with Gasteiger partial charge in [-0.05, 0) is 50.7 Å². The summed E-state index contributed by atoms with van der Waals surface area (Å²) in [6, 6.07) is 2.23. The molecule has 2 amide bonds. The zero-order valence-corrected chi connectivity index (χ0v) is 17.9. The number of aromatic nitrogens is 2. The summed E-state index contributed by atoms with van der Waals surface area (Å²) in [5.74, 6) is -0.904. The molecule has 0 saturated heterocycles. The van der Waals surface area contributed by atoms with Crippen LogP contribution in [0.3, 0.4) is 0 Å². The van der Waals surface area contributed by atoms with Gasteiger partial charge in [0.25, 0.3) is 0 Å². The van der Waals surface area contributed by atoms with E-state index < -0.39 is 23.4 Å². The molecule has 1 aliphatic heterocycles. The minimum Gasteiger partial charge on any atom is -0.494 e. The van der Waals surface area contributed by atoms with Gasteiger partial charge in [-0.25, -0.2) is 18.6 Å². The van der Waals surface area contributed by atoms with Gasteiger partial charge in [-0.15, -0.1) is 0 Å². The second-order valence-corrected chi connectivity index (χ2v) is 8.68. The van der Waals surface area contributed by atoms with Crippen LogP contribution in [-0.4, -0.2) is 41.2 Å². The highest BCUT2D eigenvalue weighted by Crippen LogP contribution is 2.41. The number of hydrogen-bond donors (Lipinski definition) is 2. The normalized spacial score (nSPS) is 23.2. The van der Waals surface area contributed by atoms with Gasteiger partial charge in [0.2, 0.25) is 5.95 Å². The Morgan fingerprint density at radius 3 is 2.59 bits per heavy atom. The third-order valence-corrected chi connectivity index (χ3v) is 6.37. The summed E-state index contributed by atoms with van der Waals surface area (Å²) in [7, 11) is 1.30. The van der Waals surface area contributed by atoms with Gasteiger partial charge in [-0.2, -0.15) is 4.98 Å². The predicted molar refractivity (Wildman–Crippen MR) is 116 cm³/mol. The first kappa shape index (κ1) is 20.9. The number of hydrogen-bond acceptors (Lipinski definition) is 6. The van der Waals surface area contributed by atoms with Crippen LogP contribution in [0.25, 0.3) is 0 Å². The lowest BCUT2D eigenvalue weighted by atomic mass is 9.92. The fraction of sp³-hybridized carbons (Fsp3) is 0.500. The van der Waals surface area contributed by atoms with Crippen molar-refractivity contribution in [3.8, 4) is 5.75 Å². The number of methoxy groups -OCH3 is 1. The molecule has 5 rings (SSSR count). The SMILES string of the molecule is COc1ccc(F)c(N2Cc3cnc(NC4CCC(N)CC4)nc3N(C3CC3)C2=O)c1F. The molecule has 8 nitrogen and oxygen atoms in total. The molecule has 2 heterocycles. The number of anilines is 3. The fourth-order valence-electron chi connectivity index (χ4n) is 4.46. The molecule has 3 aliphatic rings. The van der Waals surface area contributed by atoms with Crippen LogP contribution in [0.1, 0.15) is 44.1 Å². The van der Waals surface area contributed by atoms with Crippen molar-refractivity contribution in [2.45, 2.75) is 63.2 Å². The van der Waals surface area contributed by atoms with Gasteiger partial charge in [0.05, 0.1) is 13.7 Å². The second-order valence-electron chi connectivity index (χ2n) is 8.68. The van der Waals surface area contributed by atoms with Crippen LogP contribution in [0.15, 0.2) is 18.3 Å². The van der Waals surface area contributed by atoms with Crippen molar-refractivity contribution in [2.75, 3.05) is 22.2 Å². The highest BCUT2D eigenvalue weighted by atomic mass is 19.1. The third kappa shape index (κ3) is 3.72. The van der Waals surface area contributed by atoms with Crippen molar-refractivity contribution in [3.05, 3.63) is 35.5 Å². The lowest BCUT2D eigenvalue weighted by molar-refractivity contribution is 0.249. The van der Waals surface area contributed by atoms with E-state index in [9.17, 15) is 13.6 Å². The van der Waals surface area contributed by atoms with E-state index in [4.69, 9.17) is 10.5 Å². The summed E-state index contributed by atoms with van der Waals surface area (Å²) in [6.07, 6.45) is 7.03. The molecule has 0 atom stereocenters. The number of ether oxygens (including phenoxy) is 1. The Bertz CT molecular complexity index is 1040. The quantitative estimate of drug-likeness (QED) is 0.732. The summed E-state index contributed by atoms with van der Waals surface area (Å²) in [5.41, 5.74) is 6.20. The van der Waals surface area contributed by atoms with Crippen LogP contribution in [0.4, 0.5) is 31.0 Å². The molecule has 10 heteroatoms. The number of fused-ring (bicyclic) bond motifs is 1. The number of carbonyl (C=O) groups is 1. The van der Waals surface area contributed by atoms with E-state index in [0.717, 1.165) is 49.5 Å². The highest BCUT2D eigenvalue weighted by molar-refractivity contribution is 6.06. The average molecular weight is 444 g/mol. The topological polar surface area (TPSA) is 96.6 Å². The summed E-state index contributed by atoms with van der Waals surface area (Å²) < 4.78 is 34.6. The molecule has 2 saturated carbocycles. The smallest absolute Gasteiger partial charge is 0.330 e. The van der Waals surface area contributed by atoms with Crippen molar-refractivity contribution >= 4 is 23.5 Å². The Labute approximate surface area is 184 Å². The van der Waals surface area contributed by atoms with Gasteiger partial charge in [0, 0.05) is 29.9 Å². The molecule has 32 heavy (non-hydrogen) atoms. The summed E-state index contributed by atoms with van der Waals surface area (Å²) in [6.45, 7) is -0.0308.